The number of hydrogen-bond acceptors (Lipinski definition) is 3. The minimum absolute atomic E-state index is 0.408. The van der Waals surface area contributed by atoms with Crippen molar-refractivity contribution in [1.29, 1.82) is 0 Å². The molecular weight excluding hydrogens is 256 g/mol. The zero-order valence-electron chi connectivity index (χ0n) is 11.8. The van der Waals surface area contributed by atoms with Crippen LogP contribution in [0.1, 0.15) is 18.4 Å². The minimum Gasteiger partial charge on any atom is -0.465 e. The van der Waals surface area contributed by atoms with Crippen molar-refractivity contribution in [2.45, 2.75) is 25.0 Å². The van der Waals surface area contributed by atoms with Crippen molar-refractivity contribution < 1.29 is 15.0 Å². The van der Waals surface area contributed by atoms with Crippen molar-refractivity contribution in [3.05, 3.63) is 35.9 Å². The summed E-state index contributed by atoms with van der Waals surface area (Å²) in [5.74, 6) is 0. The number of likely N-dealkylation sites (tertiary alicyclic amines) is 1. The third-order valence-corrected chi connectivity index (χ3v) is 3.82. The monoisotopic (exact) mass is 278 g/mol. The number of hydrogen-bond donors (Lipinski definition) is 2. The van der Waals surface area contributed by atoms with Crippen molar-refractivity contribution in [2.75, 3.05) is 26.7 Å². The Morgan fingerprint density at radius 3 is 2.45 bits per heavy atom. The summed E-state index contributed by atoms with van der Waals surface area (Å²) in [4.78, 5) is 14.3. The molecule has 1 aromatic carbocycles. The molecule has 1 aliphatic heterocycles. The van der Waals surface area contributed by atoms with E-state index in [1.54, 1.807) is 0 Å². The molecule has 0 unspecified atom stereocenters. The molecule has 5 nitrogen and oxygen atoms in total. The first-order chi connectivity index (χ1) is 9.48. The van der Waals surface area contributed by atoms with Crippen LogP contribution < -0.4 is 0 Å². The third kappa shape index (κ3) is 3.95. The van der Waals surface area contributed by atoms with Gasteiger partial charge in [0.05, 0.1) is 5.60 Å². The number of rotatable bonds is 4. The van der Waals surface area contributed by atoms with E-state index in [9.17, 15) is 9.90 Å². The van der Waals surface area contributed by atoms with E-state index in [2.05, 4.69) is 17.0 Å². The lowest BCUT2D eigenvalue weighted by molar-refractivity contribution is -0.0381. The van der Waals surface area contributed by atoms with Crippen LogP contribution in [0.4, 0.5) is 4.79 Å². The Kier molecular flexibility index (Phi) is 4.62. The number of amides is 1. The second-order valence-corrected chi connectivity index (χ2v) is 5.65. The fourth-order valence-electron chi connectivity index (χ4n) is 2.73. The molecule has 2 rings (SSSR count). The molecule has 1 amide bonds. The molecule has 0 atom stereocenters. The predicted octanol–water partition coefficient (Wildman–Crippen LogP) is 1.62. The van der Waals surface area contributed by atoms with E-state index in [1.165, 1.54) is 10.5 Å². The van der Waals surface area contributed by atoms with Gasteiger partial charge in [0.1, 0.15) is 0 Å². The number of carboxylic acid groups (broad SMARTS) is 1. The van der Waals surface area contributed by atoms with Gasteiger partial charge in [0.25, 0.3) is 0 Å². The van der Waals surface area contributed by atoms with Gasteiger partial charge in [-0.25, -0.2) is 4.79 Å². The molecule has 5 heteroatoms. The molecule has 1 heterocycles. The summed E-state index contributed by atoms with van der Waals surface area (Å²) in [6.07, 6.45) is 0.0984. The molecule has 0 aliphatic carbocycles. The topological polar surface area (TPSA) is 64.0 Å². The maximum absolute atomic E-state index is 10.9. The maximum Gasteiger partial charge on any atom is 0.407 e. The van der Waals surface area contributed by atoms with Gasteiger partial charge in [0.2, 0.25) is 0 Å². The van der Waals surface area contributed by atoms with Crippen molar-refractivity contribution >= 4 is 6.09 Å². The van der Waals surface area contributed by atoms with Gasteiger partial charge in [0.15, 0.2) is 0 Å². The van der Waals surface area contributed by atoms with Crippen LogP contribution in [0.15, 0.2) is 30.3 Å². The first-order valence-corrected chi connectivity index (χ1v) is 6.91. The Morgan fingerprint density at radius 2 is 1.90 bits per heavy atom. The van der Waals surface area contributed by atoms with E-state index in [4.69, 9.17) is 5.11 Å². The standard InChI is InChI=1S/C15H22N2O3/c1-16(11-13-5-3-2-4-6-13)12-15(20)7-9-17(10-8-15)14(18)19/h2-6,20H,7-12H2,1H3,(H,18,19). The van der Waals surface area contributed by atoms with Crippen LogP contribution in [0.3, 0.4) is 0 Å². The van der Waals surface area contributed by atoms with Gasteiger partial charge in [-0.15, -0.1) is 0 Å². The van der Waals surface area contributed by atoms with Crippen LogP contribution in [0.25, 0.3) is 0 Å². The number of benzene rings is 1. The Labute approximate surface area is 119 Å². The number of likely N-dealkylation sites (N-methyl/N-ethyl adjacent to an activating group) is 1. The molecule has 0 spiro atoms. The molecular formula is C15H22N2O3. The summed E-state index contributed by atoms with van der Waals surface area (Å²) in [6.45, 7) is 2.16. The average molecular weight is 278 g/mol. The number of piperidine rings is 1. The Hall–Kier alpha value is -1.59. The Balaban J connectivity index is 1.85. The normalized spacial score (nSPS) is 18.2. The predicted molar refractivity (Wildman–Crippen MR) is 76.6 cm³/mol. The van der Waals surface area contributed by atoms with E-state index in [-0.39, 0.29) is 0 Å². The van der Waals surface area contributed by atoms with Crippen molar-refractivity contribution in [2.24, 2.45) is 0 Å². The second-order valence-electron chi connectivity index (χ2n) is 5.65. The molecule has 0 bridgehead atoms. The Morgan fingerprint density at radius 1 is 1.30 bits per heavy atom. The summed E-state index contributed by atoms with van der Waals surface area (Å²) in [7, 11) is 1.98. The molecule has 0 radical (unpaired) electrons. The molecule has 0 aromatic heterocycles. The highest BCUT2D eigenvalue weighted by Gasteiger charge is 2.34. The Bertz CT molecular complexity index is 442. The lowest BCUT2D eigenvalue weighted by atomic mass is 9.91. The van der Waals surface area contributed by atoms with E-state index in [0.717, 1.165) is 6.54 Å². The fourth-order valence-corrected chi connectivity index (χ4v) is 2.73. The van der Waals surface area contributed by atoms with E-state index in [0.29, 0.717) is 32.5 Å². The molecule has 1 aliphatic rings. The van der Waals surface area contributed by atoms with E-state index in [1.807, 2.05) is 25.2 Å². The van der Waals surface area contributed by atoms with Gasteiger partial charge in [-0.3, -0.25) is 4.90 Å². The quantitative estimate of drug-likeness (QED) is 0.878. The molecule has 1 aromatic rings. The molecule has 1 saturated heterocycles. The van der Waals surface area contributed by atoms with Gasteiger partial charge in [-0.05, 0) is 25.5 Å². The van der Waals surface area contributed by atoms with Crippen LogP contribution in [0.2, 0.25) is 0 Å². The zero-order chi connectivity index (χ0) is 14.6. The van der Waals surface area contributed by atoms with Gasteiger partial charge >= 0.3 is 6.09 Å². The lowest BCUT2D eigenvalue weighted by Gasteiger charge is -2.39. The summed E-state index contributed by atoms with van der Waals surface area (Å²) >= 11 is 0. The van der Waals surface area contributed by atoms with Crippen molar-refractivity contribution in [3.63, 3.8) is 0 Å². The molecule has 2 N–H and O–H groups in total. The first-order valence-electron chi connectivity index (χ1n) is 6.91. The molecule has 20 heavy (non-hydrogen) atoms. The zero-order valence-corrected chi connectivity index (χ0v) is 11.8. The van der Waals surface area contributed by atoms with Crippen LogP contribution in [-0.2, 0) is 6.54 Å². The smallest absolute Gasteiger partial charge is 0.407 e. The second kappa shape index (κ2) is 6.24. The van der Waals surface area contributed by atoms with Crippen LogP contribution in [-0.4, -0.2) is 58.4 Å². The van der Waals surface area contributed by atoms with Gasteiger partial charge in [-0.1, -0.05) is 30.3 Å². The van der Waals surface area contributed by atoms with Gasteiger partial charge in [-0.2, -0.15) is 0 Å². The summed E-state index contributed by atoms with van der Waals surface area (Å²) in [5, 5.41) is 19.5. The van der Waals surface area contributed by atoms with E-state index >= 15 is 0 Å². The number of nitrogens with zero attached hydrogens (tertiary/aromatic N) is 2. The van der Waals surface area contributed by atoms with Crippen molar-refractivity contribution in [3.8, 4) is 0 Å². The summed E-state index contributed by atoms with van der Waals surface area (Å²) in [5.41, 5.74) is 0.428. The van der Waals surface area contributed by atoms with Gasteiger partial charge in [0, 0.05) is 26.2 Å². The van der Waals surface area contributed by atoms with Crippen LogP contribution in [0.5, 0.6) is 0 Å². The van der Waals surface area contributed by atoms with E-state index < -0.39 is 11.7 Å². The van der Waals surface area contributed by atoms with Crippen LogP contribution in [0, 0.1) is 0 Å². The maximum atomic E-state index is 10.9. The lowest BCUT2D eigenvalue weighted by Crippen LogP contribution is -2.51. The largest absolute Gasteiger partial charge is 0.465 e. The van der Waals surface area contributed by atoms with Gasteiger partial charge < -0.3 is 15.1 Å². The molecule has 110 valence electrons. The van der Waals surface area contributed by atoms with Crippen LogP contribution >= 0.6 is 0 Å². The minimum atomic E-state index is -0.898. The average Bonchev–Trinajstić information content (AvgIpc) is 2.39. The number of carbonyl (C=O) groups is 1. The summed E-state index contributed by atoms with van der Waals surface area (Å²) < 4.78 is 0. The first kappa shape index (κ1) is 14.8. The fraction of sp³-hybridized carbons (Fsp3) is 0.533. The number of aliphatic hydroxyl groups is 1. The highest BCUT2D eigenvalue weighted by molar-refractivity contribution is 5.65. The summed E-state index contributed by atoms with van der Waals surface area (Å²) in [6, 6.07) is 10.1. The SMILES string of the molecule is CN(Cc1ccccc1)CC1(O)CCN(C(=O)O)CC1. The highest BCUT2D eigenvalue weighted by Crippen LogP contribution is 2.23. The molecule has 1 fully saturated rings. The third-order valence-electron chi connectivity index (χ3n) is 3.82. The highest BCUT2D eigenvalue weighted by atomic mass is 16.4. The molecule has 0 saturated carbocycles. The van der Waals surface area contributed by atoms with Crippen molar-refractivity contribution in [1.82, 2.24) is 9.80 Å².